The summed E-state index contributed by atoms with van der Waals surface area (Å²) in [5, 5.41) is 0.686. The van der Waals surface area contributed by atoms with Gasteiger partial charge < -0.3 is 0 Å². The Morgan fingerprint density at radius 2 is 2.07 bits per heavy atom. The van der Waals surface area contributed by atoms with Gasteiger partial charge in [0.05, 0.1) is 9.90 Å². The number of rotatable bonds is 2. The molecule has 0 aliphatic rings. The molecule has 0 unspecified atom stereocenters. The normalized spacial score (nSPS) is 10.3. The van der Waals surface area contributed by atoms with E-state index in [1.54, 1.807) is 0 Å². The van der Waals surface area contributed by atoms with Crippen molar-refractivity contribution in [3.05, 3.63) is 44.7 Å². The molecule has 76 valence electrons. The number of aldehydes is 1. The number of carbonyl (C=O) groups excluding carboxylic acids is 1. The first kappa shape index (κ1) is 10.9. The van der Waals surface area contributed by atoms with Crippen LogP contribution in [-0.4, -0.2) is 6.29 Å². The summed E-state index contributed by atoms with van der Waals surface area (Å²) >= 11 is 10.7. The van der Waals surface area contributed by atoms with Crippen molar-refractivity contribution in [1.82, 2.24) is 0 Å². The lowest BCUT2D eigenvalue weighted by molar-refractivity contribution is 0.112. The molecule has 0 fully saturated rings. The molecule has 2 rings (SSSR count). The molecule has 0 amide bonds. The largest absolute Gasteiger partial charge is 0.297 e. The fourth-order valence-corrected chi connectivity index (χ4v) is 2.54. The van der Waals surface area contributed by atoms with E-state index in [1.807, 2.05) is 30.3 Å². The molecule has 0 spiro atoms. The number of halogens is 2. The van der Waals surface area contributed by atoms with Crippen LogP contribution in [-0.2, 0) is 0 Å². The van der Waals surface area contributed by atoms with E-state index >= 15 is 0 Å². The molecule has 0 saturated heterocycles. The standard InChI is InChI=1S/C11H6BrClOS/c12-9-5-7(1-3-10(9)13)11-4-2-8(6-14)15-11/h1-6H. The van der Waals surface area contributed by atoms with Crippen molar-refractivity contribution in [3.63, 3.8) is 0 Å². The summed E-state index contributed by atoms with van der Waals surface area (Å²) in [7, 11) is 0. The third-order valence-electron chi connectivity index (χ3n) is 1.95. The highest BCUT2D eigenvalue weighted by Gasteiger charge is 2.04. The van der Waals surface area contributed by atoms with Gasteiger partial charge >= 0.3 is 0 Å². The Hall–Kier alpha value is -0.640. The van der Waals surface area contributed by atoms with E-state index in [-0.39, 0.29) is 0 Å². The Bertz CT molecular complexity index is 507. The molecule has 0 aliphatic heterocycles. The predicted molar refractivity (Wildman–Crippen MR) is 67.9 cm³/mol. The van der Waals surface area contributed by atoms with E-state index < -0.39 is 0 Å². The molecule has 0 atom stereocenters. The maximum Gasteiger partial charge on any atom is 0.160 e. The van der Waals surface area contributed by atoms with E-state index in [0.717, 1.165) is 26.1 Å². The molecular formula is C11H6BrClOS. The van der Waals surface area contributed by atoms with Crippen molar-refractivity contribution < 1.29 is 4.79 Å². The lowest BCUT2D eigenvalue weighted by Crippen LogP contribution is -1.73. The highest BCUT2D eigenvalue weighted by molar-refractivity contribution is 9.10. The molecule has 1 nitrogen and oxygen atoms in total. The Morgan fingerprint density at radius 3 is 2.67 bits per heavy atom. The first-order valence-electron chi connectivity index (χ1n) is 4.21. The zero-order chi connectivity index (χ0) is 10.8. The van der Waals surface area contributed by atoms with Gasteiger partial charge in [0.25, 0.3) is 0 Å². The third-order valence-corrected chi connectivity index (χ3v) is 4.22. The summed E-state index contributed by atoms with van der Waals surface area (Å²) in [5.74, 6) is 0. The van der Waals surface area contributed by atoms with Gasteiger partial charge in [-0.25, -0.2) is 0 Å². The Morgan fingerprint density at radius 1 is 1.27 bits per heavy atom. The van der Waals surface area contributed by atoms with Gasteiger partial charge in [-0.15, -0.1) is 11.3 Å². The van der Waals surface area contributed by atoms with E-state index in [4.69, 9.17) is 11.6 Å². The number of carbonyl (C=O) groups is 1. The van der Waals surface area contributed by atoms with Gasteiger partial charge in [-0.3, -0.25) is 4.79 Å². The number of hydrogen-bond donors (Lipinski definition) is 0. The second-order valence-electron chi connectivity index (χ2n) is 2.95. The van der Waals surface area contributed by atoms with Crippen LogP contribution in [0.1, 0.15) is 9.67 Å². The average molecular weight is 302 g/mol. The van der Waals surface area contributed by atoms with Crippen LogP contribution in [0, 0.1) is 0 Å². The average Bonchev–Trinajstić information content (AvgIpc) is 2.70. The minimum Gasteiger partial charge on any atom is -0.297 e. The molecule has 1 aromatic carbocycles. The molecule has 1 heterocycles. The van der Waals surface area contributed by atoms with E-state index in [9.17, 15) is 4.79 Å². The van der Waals surface area contributed by atoms with Crippen molar-refractivity contribution in [2.24, 2.45) is 0 Å². The van der Waals surface area contributed by atoms with Gasteiger partial charge in [0.15, 0.2) is 6.29 Å². The van der Waals surface area contributed by atoms with Gasteiger partial charge in [-0.05, 0) is 45.8 Å². The minimum absolute atomic E-state index is 0.686. The number of benzene rings is 1. The van der Waals surface area contributed by atoms with Crippen LogP contribution in [0.3, 0.4) is 0 Å². The summed E-state index contributed by atoms with van der Waals surface area (Å²) in [6.45, 7) is 0. The smallest absolute Gasteiger partial charge is 0.160 e. The van der Waals surface area contributed by atoms with Crippen LogP contribution in [0.15, 0.2) is 34.8 Å². The quantitative estimate of drug-likeness (QED) is 0.738. The van der Waals surface area contributed by atoms with Crippen molar-refractivity contribution in [2.45, 2.75) is 0 Å². The lowest BCUT2D eigenvalue weighted by atomic mass is 10.2. The lowest BCUT2D eigenvalue weighted by Gasteiger charge is -1.99. The predicted octanol–water partition coefficient (Wildman–Crippen LogP) is 4.64. The first-order chi connectivity index (χ1) is 7.20. The Balaban J connectivity index is 2.44. The maximum atomic E-state index is 10.6. The monoisotopic (exact) mass is 300 g/mol. The molecule has 15 heavy (non-hydrogen) atoms. The Kier molecular flexibility index (Phi) is 3.24. The van der Waals surface area contributed by atoms with Gasteiger partial charge in [-0.1, -0.05) is 17.7 Å². The highest BCUT2D eigenvalue weighted by Crippen LogP contribution is 2.32. The molecule has 0 saturated carbocycles. The zero-order valence-electron chi connectivity index (χ0n) is 7.54. The van der Waals surface area contributed by atoms with Gasteiger partial charge in [0.1, 0.15) is 0 Å². The molecular weight excluding hydrogens is 296 g/mol. The van der Waals surface area contributed by atoms with Crippen LogP contribution in [0.25, 0.3) is 10.4 Å². The van der Waals surface area contributed by atoms with E-state index in [2.05, 4.69) is 15.9 Å². The molecule has 0 N–H and O–H groups in total. The van der Waals surface area contributed by atoms with Crippen molar-refractivity contribution in [3.8, 4) is 10.4 Å². The van der Waals surface area contributed by atoms with E-state index in [0.29, 0.717) is 5.02 Å². The Labute approximate surface area is 105 Å². The van der Waals surface area contributed by atoms with Crippen LogP contribution in [0.4, 0.5) is 0 Å². The number of hydrogen-bond acceptors (Lipinski definition) is 2. The molecule has 2 aromatic rings. The second-order valence-corrected chi connectivity index (χ2v) is 5.33. The van der Waals surface area contributed by atoms with Gasteiger partial charge in [-0.2, -0.15) is 0 Å². The maximum absolute atomic E-state index is 10.6. The fourth-order valence-electron chi connectivity index (χ4n) is 1.22. The van der Waals surface area contributed by atoms with Gasteiger partial charge in [0.2, 0.25) is 0 Å². The third kappa shape index (κ3) is 2.30. The molecule has 1 aromatic heterocycles. The van der Waals surface area contributed by atoms with Crippen LogP contribution in [0.5, 0.6) is 0 Å². The van der Waals surface area contributed by atoms with Crippen molar-refractivity contribution in [2.75, 3.05) is 0 Å². The van der Waals surface area contributed by atoms with Crippen LogP contribution >= 0.6 is 38.9 Å². The van der Waals surface area contributed by atoms with Crippen molar-refractivity contribution >= 4 is 45.2 Å². The van der Waals surface area contributed by atoms with Gasteiger partial charge in [0, 0.05) is 9.35 Å². The van der Waals surface area contributed by atoms with Crippen molar-refractivity contribution in [1.29, 1.82) is 0 Å². The topological polar surface area (TPSA) is 17.1 Å². The summed E-state index contributed by atoms with van der Waals surface area (Å²) in [4.78, 5) is 12.3. The summed E-state index contributed by atoms with van der Waals surface area (Å²) < 4.78 is 0.864. The summed E-state index contributed by atoms with van der Waals surface area (Å²) in [6.07, 6.45) is 0.860. The molecule has 0 aliphatic carbocycles. The summed E-state index contributed by atoms with van der Waals surface area (Å²) in [6, 6.07) is 9.47. The first-order valence-corrected chi connectivity index (χ1v) is 6.20. The molecule has 4 heteroatoms. The highest BCUT2D eigenvalue weighted by atomic mass is 79.9. The number of thiophene rings is 1. The second kappa shape index (κ2) is 4.47. The minimum atomic E-state index is 0.686. The zero-order valence-corrected chi connectivity index (χ0v) is 10.7. The van der Waals surface area contributed by atoms with Crippen LogP contribution in [0.2, 0.25) is 5.02 Å². The van der Waals surface area contributed by atoms with E-state index in [1.165, 1.54) is 11.3 Å². The molecule has 0 radical (unpaired) electrons. The van der Waals surface area contributed by atoms with Crippen LogP contribution < -0.4 is 0 Å². The SMILES string of the molecule is O=Cc1ccc(-c2ccc(Cl)c(Br)c2)s1. The molecule has 0 bridgehead atoms. The fraction of sp³-hybridized carbons (Fsp3) is 0. The summed E-state index contributed by atoms with van der Waals surface area (Å²) in [5.41, 5.74) is 1.06.